The van der Waals surface area contributed by atoms with E-state index in [4.69, 9.17) is 4.74 Å². The molecule has 2 saturated heterocycles. The van der Waals surface area contributed by atoms with Crippen LogP contribution in [0.1, 0.15) is 37.4 Å². The van der Waals surface area contributed by atoms with Crippen molar-refractivity contribution in [2.45, 2.75) is 31.6 Å². The highest BCUT2D eigenvalue weighted by Crippen LogP contribution is 2.26. The molecule has 0 radical (unpaired) electrons. The summed E-state index contributed by atoms with van der Waals surface area (Å²) in [4.78, 5) is 7.11. The van der Waals surface area contributed by atoms with E-state index in [0.717, 1.165) is 36.8 Å². The average Bonchev–Trinajstić information content (AvgIpc) is 3.27. The first-order valence-electron chi connectivity index (χ1n) is 8.25. The van der Waals surface area contributed by atoms with E-state index in [1.54, 1.807) is 0 Å². The molecule has 2 fully saturated rings. The van der Waals surface area contributed by atoms with Crippen molar-refractivity contribution in [3.8, 4) is 11.4 Å². The van der Waals surface area contributed by atoms with Gasteiger partial charge in [0.05, 0.1) is 6.61 Å². The molecule has 0 saturated carbocycles. The van der Waals surface area contributed by atoms with Crippen molar-refractivity contribution in [3.63, 3.8) is 0 Å². The van der Waals surface area contributed by atoms with Crippen molar-refractivity contribution in [3.05, 3.63) is 30.1 Å². The first-order valence-corrected chi connectivity index (χ1v) is 8.25. The third kappa shape index (κ3) is 2.73. The molecule has 0 bridgehead atoms. The fraction of sp³-hybridized carbons (Fsp3) is 0.529. The maximum atomic E-state index is 5.42. The van der Waals surface area contributed by atoms with Crippen LogP contribution in [0, 0.1) is 0 Å². The van der Waals surface area contributed by atoms with Gasteiger partial charge in [-0.15, -0.1) is 0 Å². The summed E-state index contributed by atoms with van der Waals surface area (Å²) < 4.78 is 5.42. The number of aromatic nitrogens is 3. The molecule has 116 valence electrons. The van der Waals surface area contributed by atoms with E-state index in [2.05, 4.69) is 44.3 Å². The number of piperidine rings is 1. The molecule has 0 unspecified atom stereocenters. The summed E-state index contributed by atoms with van der Waals surface area (Å²) in [6, 6.07) is 8.63. The lowest BCUT2D eigenvalue weighted by molar-refractivity contribution is 0.193. The molecule has 3 heterocycles. The highest BCUT2D eigenvalue weighted by atomic mass is 16.5. The monoisotopic (exact) mass is 298 g/mol. The number of hydrogen-bond acceptors (Lipinski definition) is 4. The molecular formula is C17H22N4O. The number of hydrogen-bond donors (Lipinski definition) is 1. The number of aromatic amines is 1. The number of rotatable bonds is 3. The van der Waals surface area contributed by atoms with Crippen LogP contribution in [-0.4, -0.2) is 41.5 Å². The van der Waals surface area contributed by atoms with Gasteiger partial charge < -0.3 is 9.64 Å². The Kier molecular flexibility index (Phi) is 3.81. The second-order valence-electron chi connectivity index (χ2n) is 6.20. The zero-order valence-corrected chi connectivity index (χ0v) is 12.8. The number of nitrogens with zero attached hydrogens (tertiary/aromatic N) is 3. The Balaban J connectivity index is 1.50. The van der Waals surface area contributed by atoms with Crippen LogP contribution in [0.2, 0.25) is 0 Å². The molecule has 2 aromatic rings. The summed E-state index contributed by atoms with van der Waals surface area (Å²) in [5, 5.41) is 7.44. The predicted molar refractivity (Wildman–Crippen MR) is 86.1 cm³/mol. The molecule has 5 nitrogen and oxygen atoms in total. The van der Waals surface area contributed by atoms with Crippen LogP contribution in [0.3, 0.4) is 0 Å². The van der Waals surface area contributed by atoms with Crippen molar-refractivity contribution in [2.24, 2.45) is 0 Å². The summed E-state index contributed by atoms with van der Waals surface area (Å²) in [6.07, 6.45) is 4.99. The second-order valence-corrected chi connectivity index (χ2v) is 6.20. The lowest BCUT2D eigenvalue weighted by Crippen LogP contribution is -2.29. The van der Waals surface area contributed by atoms with E-state index in [1.807, 2.05) is 0 Å². The third-order valence-electron chi connectivity index (χ3n) is 4.67. The van der Waals surface area contributed by atoms with E-state index >= 15 is 0 Å². The van der Waals surface area contributed by atoms with Crippen LogP contribution in [0.25, 0.3) is 11.4 Å². The predicted octanol–water partition coefficient (Wildman–Crippen LogP) is 2.97. The van der Waals surface area contributed by atoms with Crippen LogP contribution in [-0.2, 0) is 4.74 Å². The van der Waals surface area contributed by atoms with Gasteiger partial charge >= 0.3 is 0 Å². The van der Waals surface area contributed by atoms with Crippen LogP contribution in [0.15, 0.2) is 24.3 Å². The average molecular weight is 298 g/mol. The summed E-state index contributed by atoms with van der Waals surface area (Å²) in [5.74, 6) is 2.11. The minimum Gasteiger partial charge on any atom is -0.381 e. The number of nitrogens with one attached hydrogen (secondary N) is 1. The fourth-order valence-corrected chi connectivity index (χ4v) is 3.31. The lowest BCUT2D eigenvalue weighted by atomic mass is 10.1. The first kappa shape index (κ1) is 13.8. The topological polar surface area (TPSA) is 54.0 Å². The highest BCUT2D eigenvalue weighted by molar-refractivity contribution is 5.60. The molecule has 0 spiro atoms. The smallest absolute Gasteiger partial charge is 0.181 e. The maximum Gasteiger partial charge on any atom is 0.181 e. The molecule has 0 amide bonds. The van der Waals surface area contributed by atoms with Gasteiger partial charge in [-0.1, -0.05) is 0 Å². The van der Waals surface area contributed by atoms with Gasteiger partial charge in [0, 0.05) is 36.9 Å². The molecule has 1 N–H and O–H groups in total. The normalized spacial score (nSPS) is 22.2. The summed E-state index contributed by atoms with van der Waals surface area (Å²) in [6.45, 7) is 3.92. The zero-order chi connectivity index (χ0) is 14.8. The van der Waals surface area contributed by atoms with E-state index < -0.39 is 0 Å². The first-order chi connectivity index (χ1) is 10.9. The third-order valence-corrected chi connectivity index (χ3v) is 4.67. The van der Waals surface area contributed by atoms with Crippen molar-refractivity contribution in [1.29, 1.82) is 0 Å². The van der Waals surface area contributed by atoms with Crippen molar-refractivity contribution >= 4 is 5.69 Å². The Bertz CT molecular complexity index is 610. The SMILES string of the molecule is c1cc(N2CCCCC2)ccc1-c1n[nH]c([C@H]2CCOC2)n1. The van der Waals surface area contributed by atoms with Gasteiger partial charge in [-0.05, 0) is 49.9 Å². The number of H-pyrrole nitrogens is 1. The van der Waals surface area contributed by atoms with Crippen molar-refractivity contribution in [2.75, 3.05) is 31.2 Å². The minimum atomic E-state index is 0.369. The maximum absolute atomic E-state index is 5.42. The van der Waals surface area contributed by atoms with E-state index in [-0.39, 0.29) is 0 Å². The molecule has 2 aliphatic heterocycles. The Morgan fingerprint density at radius 3 is 2.64 bits per heavy atom. The van der Waals surface area contributed by atoms with Gasteiger partial charge in [0.1, 0.15) is 5.82 Å². The standard InChI is InChI=1S/C17H22N4O/c1-2-9-21(10-3-1)15-6-4-13(5-7-15)16-18-17(20-19-16)14-8-11-22-12-14/h4-7,14H,1-3,8-12H2,(H,18,19,20)/t14-/m0/s1. The summed E-state index contributed by atoms with van der Waals surface area (Å²) in [7, 11) is 0. The molecule has 4 rings (SSSR count). The molecule has 0 aliphatic carbocycles. The quantitative estimate of drug-likeness (QED) is 0.946. The van der Waals surface area contributed by atoms with Crippen molar-refractivity contribution in [1.82, 2.24) is 15.2 Å². The molecule has 5 heteroatoms. The molecule has 1 atom stereocenters. The molecule has 22 heavy (non-hydrogen) atoms. The van der Waals surface area contributed by atoms with Crippen LogP contribution >= 0.6 is 0 Å². The van der Waals surface area contributed by atoms with Gasteiger partial charge in [-0.25, -0.2) is 4.98 Å². The summed E-state index contributed by atoms with van der Waals surface area (Å²) in [5.41, 5.74) is 2.38. The second kappa shape index (κ2) is 6.08. The zero-order valence-electron chi connectivity index (χ0n) is 12.8. The minimum absolute atomic E-state index is 0.369. The Morgan fingerprint density at radius 2 is 1.91 bits per heavy atom. The van der Waals surface area contributed by atoms with Crippen LogP contribution in [0.4, 0.5) is 5.69 Å². The van der Waals surface area contributed by atoms with Gasteiger partial charge in [-0.2, -0.15) is 5.10 Å². The number of benzene rings is 1. The van der Waals surface area contributed by atoms with Crippen molar-refractivity contribution < 1.29 is 4.74 Å². The van der Waals surface area contributed by atoms with E-state index in [0.29, 0.717) is 5.92 Å². The van der Waals surface area contributed by atoms with Crippen LogP contribution < -0.4 is 4.90 Å². The van der Waals surface area contributed by atoms with Crippen LogP contribution in [0.5, 0.6) is 0 Å². The largest absolute Gasteiger partial charge is 0.381 e. The van der Waals surface area contributed by atoms with E-state index in [9.17, 15) is 0 Å². The van der Waals surface area contributed by atoms with E-state index in [1.165, 1.54) is 38.0 Å². The highest BCUT2D eigenvalue weighted by Gasteiger charge is 2.21. The van der Waals surface area contributed by atoms with Gasteiger partial charge in [0.2, 0.25) is 0 Å². The fourth-order valence-electron chi connectivity index (χ4n) is 3.31. The van der Waals surface area contributed by atoms with Gasteiger partial charge in [0.25, 0.3) is 0 Å². The Morgan fingerprint density at radius 1 is 1.09 bits per heavy atom. The number of anilines is 1. The summed E-state index contributed by atoms with van der Waals surface area (Å²) >= 11 is 0. The molecule has 2 aliphatic rings. The Labute approximate surface area is 130 Å². The Hall–Kier alpha value is -1.88. The molecule has 1 aromatic heterocycles. The molecule has 1 aromatic carbocycles. The molecular weight excluding hydrogens is 276 g/mol. The lowest BCUT2D eigenvalue weighted by Gasteiger charge is -2.28. The number of ether oxygens (including phenoxy) is 1. The van der Waals surface area contributed by atoms with Gasteiger partial charge in [0.15, 0.2) is 5.82 Å². The van der Waals surface area contributed by atoms with Gasteiger partial charge in [-0.3, -0.25) is 5.10 Å².